The average molecular weight is 360 g/mol. The lowest BCUT2D eigenvalue weighted by molar-refractivity contribution is -0.154. The number of nitrogens with two attached hydrogens (primary N) is 1. The number of nitrogens with zero attached hydrogens (tertiary/aromatic N) is 1. The number of rotatable bonds is 3. The highest BCUT2D eigenvalue weighted by molar-refractivity contribution is 5.91. The molecule has 4 aliphatic rings. The number of carbonyl (C=O) groups excluding carboxylic acids is 2. The molecule has 4 rings (SSSR count). The van der Waals surface area contributed by atoms with Crippen molar-refractivity contribution in [2.45, 2.75) is 65.2 Å². The third kappa shape index (κ3) is 2.57. The van der Waals surface area contributed by atoms with Gasteiger partial charge in [0, 0.05) is 30.7 Å². The smallest absolute Gasteiger partial charge is 0.139 e. The van der Waals surface area contributed by atoms with E-state index in [1.165, 1.54) is 0 Å². The first kappa shape index (κ1) is 18.1. The lowest BCUT2D eigenvalue weighted by Crippen LogP contribution is -2.57. The van der Waals surface area contributed by atoms with E-state index >= 15 is 0 Å². The Kier molecular flexibility index (Phi) is 4.49. The van der Waals surface area contributed by atoms with Crippen molar-refractivity contribution in [2.24, 2.45) is 45.4 Å². The molecular weight excluding hydrogens is 328 g/mol. The fourth-order valence-electron chi connectivity index (χ4n) is 6.78. The molecule has 4 saturated carbocycles. The van der Waals surface area contributed by atoms with Gasteiger partial charge in [-0.15, -0.1) is 0 Å². The Bertz CT molecular complexity index is 645. The molecule has 0 saturated heterocycles. The second-order valence-corrected chi connectivity index (χ2v) is 9.51. The number of hydrogen-bond acceptors (Lipinski definition) is 5. The Morgan fingerprint density at radius 3 is 2.69 bits per heavy atom. The van der Waals surface area contributed by atoms with Gasteiger partial charge < -0.3 is 10.6 Å². The van der Waals surface area contributed by atoms with Crippen molar-refractivity contribution in [1.82, 2.24) is 0 Å². The summed E-state index contributed by atoms with van der Waals surface area (Å²) >= 11 is 0. The molecule has 0 amide bonds. The van der Waals surface area contributed by atoms with Gasteiger partial charge in [0.05, 0.1) is 5.71 Å². The first-order valence-electron chi connectivity index (χ1n) is 10.3. The van der Waals surface area contributed by atoms with E-state index in [0.29, 0.717) is 49.4 Å². The number of ketones is 2. The maximum absolute atomic E-state index is 13.2. The van der Waals surface area contributed by atoms with Gasteiger partial charge in [-0.2, -0.15) is 0 Å². The summed E-state index contributed by atoms with van der Waals surface area (Å²) in [6.07, 6.45) is 7.14. The molecular formula is C21H32N2O3. The highest BCUT2D eigenvalue weighted by Gasteiger charge is 2.62. The fourth-order valence-corrected chi connectivity index (χ4v) is 6.78. The van der Waals surface area contributed by atoms with Crippen LogP contribution in [-0.4, -0.2) is 30.4 Å². The maximum Gasteiger partial charge on any atom is 0.139 e. The Hall–Kier alpha value is -1.23. The van der Waals surface area contributed by atoms with Crippen LogP contribution >= 0.6 is 0 Å². The number of fused-ring (bicyclic) bond motifs is 5. The molecule has 4 fully saturated rings. The zero-order chi connectivity index (χ0) is 18.5. The Labute approximate surface area is 156 Å². The standard InChI is InChI=1S/C21H32N2O3/c1-20-7-5-14(23-26-10-9-22)11-13(20)12-17(24)19-15-3-4-18(25)21(15,2)8-6-16(19)20/h13,15-16,19H,3-12,22H2,1-2H3/t13-,15+,16+,19+,20+,21+/m1/s1. The summed E-state index contributed by atoms with van der Waals surface area (Å²) in [5, 5.41) is 4.28. The second kappa shape index (κ2) is 6.43. The van der Waals surface area contributed by atoms with Crippen molar-refractivity contribution in [1.29, 1.82) is 0 Å². The molecule has 0 unspecified atom stereocenters. The zero-order valence-electron chi connectivity index (χ0n) is 16.1. The van der Waals surface area contributed by atoms with Crippen LogP contribution in [0.1, 0.15) is 65.2 Å². The first-order chi connectivity index (χ1) is 12.4. The third-order valence-electron chi connectivity index (χ3n) is 8.42. The first-order valence-corrected chi connectivity index (χ1v) is 10.3. The van der Waals surface area contributed by atoms with Gasteiger partial charge in [-0.25, -0.2) is 0 Å². The monoisotopic (exact) mass is 360 g/mol. The lowest BCUT2D eigenvalue weighted by atomic mass is 9.45. The molecule has 6 atom stereocenters. The zero-order valence-corrected chi connectivity index (χ0v) is 16.1. The summed E-state index contributed by atoms with van der Waals surface area (Å²) in [7, 11) is 0. The van der Waals surface area contributed by atoms with Crippen LogP contribution < -0.4 is 5.73 Å². The summed E-state index contributed by atoms with van der Waals surface area (Å²) in [6.45, 7) is 5.45. The van der Waals surface area contributed by atoms with Gasteiger partial charge in [0.25, 0.3) is 0 Å². The lowest BCUT2D eigenvalue weighted by Gasteiger charge is -2.58. The molecule has 144 valence electrons. The van der Waals surface area contributed by atoms with Crippen LogP contribution in [0.25, 0.3) is 0 Å². The SMILES string of the molecule is C[C@]12CCC(=NOCCN)C[C@@H]1CC(=O)[C@@H]1[C@@H]2CC[C@]2(C)C(=O)CC[C@@H]12. The van der Waals surface area contributed by atoms with Gasteiger partial charge in [0.15, 0.2) is 0 Å². The quantitative estimate of drug-likeness (QED) is 0.619. The topological polar surface area (TPSA) is 81.8 Å². The van der Waals surface area contributed by atoms with Gasteiger partial charge >= 0.3 is 0 Å². The van der Waals surface area contributed by atoms with Crippen molar-refractivity contribution in [3.05, 3.63) is 0 Å². The van der Waals surface area contributed by atoms with Crippen LogP contribution in [0.15, 0.2) is 5.16 Å². The van der Waals surface area contributed by atoms with Crippen LogP contribution in [-0.2, 0) is 14.4 Å². The minimum absolute atomic E-state index is 0.105. The number of oxime groups is 1. The molecule has 0 spiro atoms. The number of carbonyl (C=O) groups is 2. The molecule has 0 aromatic carbocycles. The Morgan fingerprint density at radius 2 is 1.92 bits per heavy atom. The summed E-state index contributed by atoms with van der Waals surface area (Å²) in [4.78, 5) is 31.0. The number of Topliss-reactive ketones (excluding diaryl/α,β-unsaturated/α-hetero) is 2. The molecule has 0 radical (unpaired) electrons. The molecule has 2 N–H and O–H groups in total. The molecule has 0 aromatic heterocycles. The van der Waals surface area contributed by atoms with E-state index in [0.717, 1.165) is 44.2 Å². The van der Waals surface area contributed by atoms with E-state index in [1.807, 2.05) is 0 Å². The van der Waals surface area contributed by atoms with Crippen molar-refractivity contribution >= 4 is 17.3 Å². The van der Waals surface area contributed by atoms with Gasteiger partial charge in [-0.3, -0.25) is 9.59 Å². The summed E-state index contributed by atoms with van der Waals surface area (Å²) in [5.41, 5.74) is 6.50. The molecule has 5 nitrogen and oxygen atoms in total. The van der Waals surface area contributed by atoms with Crippen LogP contribution in [0.2, 0.25) is 0 Å². The van der Waals surface area contributed by atoms with Gasteiger partial charge in [-0.1, -0.05) is 19.0 Å². The van der Waals surface area contributed by atoms with E-state index in [-0.39, 0.29) is 22.7 Å². The second-order valence-electron chi connectivity index (χ2n) is 9.51. The minimum atomic E-state index is -0.239. The van der Waals surface area contributed by atoms with E-state index in [2.05, 4.69) is 19.0 Å². The molecule has 0 aliphatic heterocycles. The van der Waals surface area contributed by atoms with Crippen LogP contribution in [0, 0.1) is 34.5 Å². The normalized spacial score (nSPS) is 46.7. The average Bonchev–Trinajstić information content (AvgIpc) is 2.92. The predicted molar refractivity (Wildman–Crippen MR) is 99.6 cm³/mol. The third-order valence-corrected chi connectivity index (χ3v) is 8.42. The highest BCUT2D eigenvalue weighted by atomic mass is 16.6. The number of hydrogen-bond donors (Lipinski definition) is 1. The Morgan fingerprint density at radius 1 is 1.12 bits per heavy atom. The summed E-state index contributed by atoms with van der Waals surface area (Å²) in [5.74, 6) is 2.00. The van der Waals surface area contributed by atoms with Gasteiger partial charge in [0.1, 0.15) is 18.2 Å². The van der Waals surface area contributed by atoms with Crippen LogP contribution in [0.5, 0.6) is 0 Å². The van der Waals surface area contributed by atoms with Crippen LogP contribution in [0.3, 0.4) is 0 Å². The summed E-state index contributed by atoms with van der Waals surface area (Å²) < 4.78 is 0. The van der Waals surface area contributed by atoms with E-state index in [9.17, 15) is 9.59 Å². The van der Waals surface area contributed by atoms with Crippen molar-refractivity contribution in [3.8, 4) is 0 Å². The van der Waals surface area contributed by atoms with Gasteiger partial charge in [-0.05, 0) is 61.7 Å². The van der Waals surface area contributed by atoms with E-state index < -0.39 is 0 Å². The molecule has 0 aromatic rings. The predicted octanol–water partition coefficient (Wildman–Crippen LogP) is 3.11. The van der Waals surface area contributed by atoms with Gasteiger partial charge in [0.2, 0.25) is 0 Å². The van der Waals surface area contributed by atoms with Crippen molar-refractivity contribution in [2.75, 3.05) is 13.2 Å². The minimum Gasteiger partial charge on any atom is -0.395 e. The van der Waals surface area contributed by atoms with Crippen LogP contribution in [0.4, 0.5) is 0 Å². The molecule has 0 heterocycles. The molecule has 0 bridgehead atoms. The largest absolute Gasteiger partial charge is 0.395 e. The van der Waals surface area contributed by atoms with Crippen molar-refractivity contribution in [3.63, 3.8) is 0 Å². The molecule has 4 aliphatic carbocycles. The van der Waals surface area contributed by atoms with E-state index in [4.69, 9.17) is 10.6 Å². The van der Waals surface area contributed by atoms with Crippen molar-refractivity contribution < 1.29 is 14.4 Å². The Balaban J connectivity index is 1.57. The fraction of sp³-hybridized carbons (Fsp3) is 0.857. The molecule has 5 heteroatoms. The highest BCUT2D eigenvalue weighted by Crippen LogP contribution is 2.64. The van der Waals surface area contributed by atoms with E-state index in [1.54, 1.807) is 0 Å². The summed E-state index contributed by atoms with van der Waals surface area (Å²) in [6, 6.07) is 0. The molecule has 26 heavy (non-hydrogen) atoms. The maximum atomic E-state index is 13.2.